The van der Waals surface area contributed by atoms with Gasteiger partial charge >= 0.3 is 12.1 Å². The molecule has 1 amide bonds. The molecule has 0 spiro atoms. The fourth-order valence-electron chi connectivity index (χ4n) is 1.06. The standard InChI is InChI=1S/C6H9NO6S/c1-12-5(8)4-2-3-13-14(11)7(4)6(9)10/h4H,2-3H2,1H3,(H,9,10)/t4-,14?/m0/s1. The fraction of sp³-hybridized carbons (Fsp3) is 0.667. The van der Waals surface area contributed by atoms with Gasteiger partial charge in [0.1, 0.15) is 0 Å². The van der Waals surface area contributed by atoms with E-state index in [0.717, 1.165) is 7.11 Å². The molecule has 1 fully saturated rings. The Balaban J connectivity index is 2.85. The number of ether oxygens (including phenoxy) is 1. The second-order valence-corrected chi connectivity index (χ2v) is 3.54. The summed E-state index contributed by atoms with van der Waals surface area (Å²) < 4.78 is 20.5. The topological polar surface area (TPSA) is 93.1 Å². The highest BCUT2D eigenvalue weighted by Crippen LogP contribution is 2.16. The van der Waals surface area contributed by atoms with Crippen molar-refractivity contribution in [2.45, 2.75) is 12.5 Å². The summed E-state index contributed by atoms with van der Waals surface area (Å²) in [6.45, 7) is 0.0656. The highest BCUT2D eigenvalue weighted by Gasteiger charge is 2.38. The van der Waals surface area contributed by atoms with Crippen LogP contribution < -0.4 is 0 Å². The molecule has 0 bridgehead atoms. The molecule has 1 heterocycles. The van der Waals surface area contributed by atoms with E-state index in [-0.39, 0.29) is 13.0 Å². The number of rotatable bonds is 1. The van der Waals surface area contributed by atoms with Crippen molar-refractivity contribution in [3.63, 3.8) is 0 Å². The predicted molar refractivity (Wildman–Crippen MR) is 44.4 cm³/mol. The van der Waals surface area contributed by atoms with Crippen LogP contribution in [0, 0.1) is 0 Å². The largest absolute Gasteiger partial charge is 0.467 e. The van der Waals surface area contributed by atoms with Crippen molar-refractivity contribution in [2.24, 2.45) is 0 Å². The summed E-state index contributed by atoms with van der Waals surface area (Å²) >= 11 is -2.13. The molecule has 0 aromatic heterocycles. The van der Waals surface area contributed by atoms with E-state index >= 15 is 0 Å². The monoisotopic (exact) mass is 223 g/mol. The molecule has 80 valence electrons. The van der Waals surface area contributed by atoms with Crippen LogP contribution in [0.4, 0.5) is 4.79 Å². The second kappa shape index (κ2) is 4.38. The van der Waals surface area contributed by atoms with Crippen LogP contribution in [0.5, 0.6) is 0 Å². The van der Waals surface area contributed by atoms with Crippen LogP contribution in [0.25, 0.3) is 0 Å². The number of esters is 1. The lowest BCUT2D eigenvalue weighted by atomic mass is 10.2. The summed E-state index contributed by atoms with van der Waals surface area (Å²) in [5.41, 5.74) is 0. The Kier molecular flexibility index (Phi) is 3.42. The SMILES string of the molecule is COC(=O)[C@@H]1CCOS(=O)N1C(=O)O. The normalized spacial score (nSPS) is 27.1. The highest BCUT2D eigenvalue weighted by molar-refractivity contribution is 7.78. The van der Waals surface area contributed by atoms with E-state index in [2.05, 4.69) is 8.92 Å². The lowest BCUT2D eigenvalue weighted by Crippen LogP contribution is -2.50. The Morgan fingerprint density at radius 1 is 1.64 bits per heavy atom. The molecule has 1 aliphatic rings. The van der Waals surface area contributed by atoms with Gasteiger partial charge in [-0.2, -0.15) is 4.31 Å². The average molecular weight is 223 g/mol. The van der Waals surface area contributed by atoms with Crippen molar-refractivity contribution in [1.82, 2.24) is 4.31 Å². The summed E-state index contributed by atoms with van der Waals surface area (Å²) in [7, 11) is 1.14. The first-order chi connectivity index (χ1) is 6.57. The van der Waals surface area contributed by atoms with Gasteiger partial charge in [0.25, 0.3) is 11.3 Å². The third-order valence-electron chi connectivity index (χ3n) is 1.68. The zero-order valence-corrected chi connectivity index (χ0v) is 8.15. The zero-order valence-electron chi connectivity index (χ0n) is 7.34. The van der Waals surface area contributed by atoms with E-state index in [1.165, 1.54) is 0 Å². The molecular weight excluding hydrogens is 214 g/mol. The van der Waals surface area contributed by atoms with Gasteiger partial charge < -0.3 is 9.84 Å². The number of methoxy groups -OCH3 is 1. The molecule has 1 N–H and O–H groups in total. The van der Waals surface area contributed by atoms with Crippen molar-refractivity contribution < 1.29 is 27.8 Å². The van der Waals surface area contributed by atoms with Crippen LogP contribution in [0.2, 0.25) is 0 Å². The fourth-order valence-corrected chi connectivity index (χ4v) is 1.93. The smallest absolute Gasteiger partial charge is 0.421 e. The molecule has 2 atom stereocenters. The first kappa shape index (κ1) is 10.9. The average Bonchev–Trinajstić information content (AvgIpc) is 2.15. The third kappa shape index (κ3) is 2.02. The van der Waals surface area contributed by atoms with Crippen LogP contribution in [-0.2, 0) is 25.0 Å². The summed E-state index contributed by atoms with van der Waals surface area (Å²) in [6, 6.07) is -1.05. The lowest BCUT2D eigenvalue weighted by molar-refractivity contribution is -0.145. The zero-order chi connectivity index (χ0) is 10.7. The number of carbonyl (C=O) groups is 2. The van der Waals surface area contributed by atoms with Gasteiger partial charge in [-0.25, -0.2) is 13.8 Å². The molecule has 0 radical (unpaired) electrons. The molecule has 1 aliphatic heterocycles. The van der Waals surface area contributed by atoms with Gasteiger partial charge in [-0.05, 0) is 0 Å². The van der Waals surface area contributed by atoms with E-state index in [9.17, 15) is 13.8 Å². The van der Waals surface area contributed by atoms with Gasteiger partial charge in [0.05, 0.1) is 13.7 Å². The Bertz CT molecular complexity index is 279. The molecule has 1 saturated heterocycles. The van der Waals surface area contributed by atoms with Crippen molar-refractivity contribution in [1.29, 1.82) is 0 Å². The van der Waals surface area contributed by atoms with Crippen LogP contribution >= 0.6 is 0 Å². The van der Waals surface area contributed by atoms with Crippen LogP contribution in [0.1, 0.15) is 6.42 Å². The van der Waals surface area contributed by atoms with Crippen LogP contribution in [0.15, 0.2) is 0 Å². The van der Waals surface area contributed by atoms with Crippen LogP contribution in [-0.4, -0.2) is 45.4 Å². The maximum atomic E-state index is 11.1. The molecule has 0 aliphatic carbocycles. The van der Waals surface area contributed by atoms with Gasteiger partial charge in [-0.15, -0.1) is 0 Å². The second-order valence-electron chi connectivity index (χ2n) is 2.48. The number of hydrogen-bond donors (Lipinski definition) is 1. The number of amides is 1. The minimum absolute atomic E-state index is 0.0656. The Labute approximate surface area is 82.4 Å². The molecular formula is C6H9NO6S. The van der Waals surface area contributed by atoms with Crippen molar-refractivity contribution in [3.05, 3.63) is 0 Å². The molecule has 1 rings (SSSR count). The molecule has 0 saturated carbocycles. The highest BCUT2D eigenvalue weighted by atomic mass is 32.2. The molecule has 0 aromatic rings. The van der Waals surface area contributed by atoms with Gasteiger partial charge in [-0.3, -0.25) is 4.18 Å². The summed E-state index contributed by atoms with van der Waals surface area (Å²) in [4.78, 5) is 21.8. The molecule has 1 unspecified atom stereocenters. The third-order valence-corrected chi connectivity index (χ3v) is 2.78. The van der Waals surface area contributed by atoms with E-state index in [1.54, 1.807) is 0 Å². The number of carbonyl (C=O) groups excluding carboxylic acids is 1. The summed E-state index contributed by atoms with van der Waals surface area (Å²) in [5.74, 6) is -0.732. The Hall–Kier alpha value is -1.15. The summed E-state index contributed by atoms with van der Waals surface area (Å²) in [6.07, 6.45) is -1.33. The van der Waals surface area contributed by atoms with Crippen molar-refractivity contribution in [3.8, 4) is 0 Å². The quantitative estimate of drug-likeness (QED) is 0.603. The van der Waals surface area contributed by atoms with Crippen molar-refractivity contribution in [2.75, 3.05) is 13.7 Å². The maximum absolute atomic E-state index is 11.1. The number of nitrogens with zero attached hydrogens (tertiary/aromatic N) is 1. The molecule has 0 aromatic carbocycles. The van der Waals surface area contributed by atoms with E-state index < -0.39 is 29.4 Å². The van der Waals surface area contributed by atoms with Gasteiger partial charge in [0.15, 0.2) is 6.04 Å². The minimum Gasteiger partial charge on any atom is -0.467 e. The number of hydrogen-bond acceptors (Lipinski definition) is 5. The number of carboxylic acid groups (broad SMARTS) is 1. The van der Waals surface area contributed by atoms with Crippen molar-refractivity contribution >= 4 is 23.3 Å². The van der Waals surface area contributed by atoms with E-state index in [4.69, 9.17) is 5.11 Å². The first-order valence-electron chi connectivity index (χ1n) is 3.73. The van der Waals surface area contributed by atoms with Crippen LogP contribution in [0.3, 0.4) is 0 Å². The van der Waals surface area contributed by atoms with Gasteiger partial charge in [0.2, 0.25) is 0 Å². The predicted octanol–water partition coefficient (Wildman–Crippen LogP) is -0.493. The maximum Gasteiger partial charge on any atom is 0.421 e. The lowest BCUT2D eigenvalue weighted by Gasteiger charge is -2.28. The molecule has 7 nitrogen and oxygen atoms in total. The minimum atomic E-state index is -2.13. The first-order valence-corrected chi connectivity index (χ1v) is 4.76. The Morgan fingerprint density at radius 3 is 2.79 bits per heavy atom. The molecule has 14 heavy (non-hydrogen) atoms. The van der Waals surface area contributed by atoms with E-state index in [0.29, 0.717) is 4.31 Å². The van der Waals surface area contributed by atoms with Gasteiger partial charge in [0, 0.05) is 6.42 Å². The van der Waals surface area contributed by atoms with E-state index in [1.807, 2.05) is 0 Å². The van der Waals surface area contributed by atoms with Gasteiger partial charge in [-0.1, -0.05) is 0 Å². The Morgan fingerprint density at radius 2 is 2.29 bits per heavy atom. The summed E-state index contributed by atoms with van der Waals surface area (Å²) in [5, 5.41) is 8.67. The molecule has 8 heteroatoms.